The molecule has 0 saturated carbocycles. The monoisotopic (exact) mass is 569 g/mol. The molecule has 0 aliphatic rings. The van der Waals surface area contributed by atoms with Gasteiger partial charge in [0.2, 0.25) is 11.7 Å². The molecule has 0 radical (unpaired) electrons. The summed E-state index contributed by atoms with van der Waals surface area (Å²) >= 11 is 1.34. The Hall–Kier alpha value is -3.79. The highest BCUT2D eigenvalue weighted by molar-refractivity contribution is 7.19. The fraction of sp³-hybridized carbons (Fsp3) is 0.241. The van der Waals surface area contributed by atoms with Gasteiger partial charge in [0.15, 0.2) is 16.6 Å². The van der Waals surface area contributed by atoms with Gasteiger partial charge in [-0.2, -0.15) is 0 Å². The Morgan fingerprint density at radius 1 is 0.949 bits per heavy atom. The smallest absolute Gasteiger partial charge is 0.243 e. The quantitative estimate of drug-likeness (QED) is 0.234. The van der Waals surface area contributed by atoms with E-state index in [1.54, 1.807) is 21.3 Å². The van der Waals surface area contributed by atoms with Gasteiger partial charge in [0, 0.05) is 11.1 Å². The number of nitrogens with two attached hydrogens (primary N) is 1. The maximum atomic E-state index is 13.0. The fourth-order valence-corrected chi connectivity index (χ4v) is 4.99. The van der Waals surface area contributed by atoms with Crippen LogP contribution in [0.25, 0.3) is 21.7 Å². The van der Waals surface area contributed by atoms with Crippen molar-refractivity contribution < 1.29 is 23.7 Å². The fourth-order valence-electron chi connectivity index (χ4n) is 4.01. The first-order valence-corrected chi connectivity index (χ1v) is 12.9. The normalized spacial score (nSPS) is 11.2. The van der Waals surface area contributed by atoms with E-state index in [0.29, 0.717) is 41.1 Å². The second-order valence-corrected chi connectivity index (χ2v) is 9.35. The minimum atomic E-state index is -0.722. The maximum Gasteiger partial charge on any atom is 0.243 e. The van der Waals surface area contributed by atoms with Crippen molar-refractivity contribution in [3.8, 4) is 44.7 Å². The molecule has 206 valence electrons. The number of hydrogen-bond donors (Lipinski definition) is 2. The summed E-state index contributed by atoms with van der Waals surface area (Å²) in [7, 11) is 4.70. The van der Waals surface area contributed by atoms with Crippen LogP contribution in [0.1, 0.15) is 12.5 Å². The second-order valence-electron chi connectivity index (χ2n) is 8.35. The molecule has 0 fully saturated rings. The molecule has 0 saturated heterocycles. The van der Waals surface area contributed by atoms with E-state index >= 15 is 0 Å². The molecule has 4 aromatic rings. The zero-order valence-corrected chi connectivity index (χ0v) is 23.9. The van der Waals surface area contributed by atoms with Gasteiger partial charge in [-0.3, -0.25) is 4.79 Å². The van der Waals surface area contributed by atoms with Crippen LogP contribution in [0.3, 0.4) is 0 Å². The Bertz CT molecular complexity index is 1350. The number of rotatable bonds is 11. The van der Waals surface area contributed by atoms with E-state index < -0.39 is 6.04 Å². The van der Waals surface area contributed by atoms with Crippen LogP contribution in [0, 0.1) is 0 Å². The first-order chi connectivity index (χ1) is 18.5. The maximum absolute atomic E-state index is 13.0. The Kier molecular flexibility index (Phi) is 10.6. The molecule has 3 aromatic carbocycles. The van der Waals surface area contributed by atoms with Crippen LogP contribution in [0.4, 0.5) is 5.13 Å². The molecule has 0 aliphatic heterocycles. The van der Waals surface area contributed by atoms with Crippen LogP contribution in [0.2, 0.25) is 0 Å². The molecule has 8 nitrogen and oxygen atoms in total. The lowest BCUT2D eigenvalue weighted by atomic mass is 10.1. The van der Waals surface area contributed by atoms with E-state index in [2.05, 4.69) is 5.32 Å². The SMILES string of the molecule is CCOc1ccc(-c2nc(NC(=O)[C@@H](N)Cc3ccccc3)sc2-c2cc(OC)c(OC)c(OC)c2)cc1.Cl. The van der Waals surface area contributed by atoms with Crippen molar-refractivity contribution in [1.29, 1.82) is 0 Å². The highest BCUT2D eigenvalue weighted by Crippen LogP contribution is 2.46. The average molecular weight is 570 g/mol. The highest BCUT2D eigenvalue weighted by Gasteiger charge is 2.22. The first-order valence-electron chi connectivity index (χ1n) is 12.1. The topological polar surface area (TPSA) is 105 Å². The number of carbonyl (C=O) groups is 1. The van der Waals surface area contributed by atoms with Crippen molar-refractivity contribution in [2.45, 2.75) is 19.4 Å². The summed E-state index contributed by atoms with van der Waals surface area (Å²) in [6, 6.07) is 20.3. The molecule has 0 aliphatic carbocycles. The van der Waals surface area contributed by atoms with E-state index in [1.807, 2.05) is 73.7 Å². The number of nitrogens with one attached hydrogen (secondary N) is 1. The molecule has 0 spiro atoms. The van der Waals surface area contributed by atoms with Crippen LogP contribution in [0.15, 0.2) is 66.7 Å². The van der Waals surface area contributed by atoms with E-state index in [4.69, 9.17) is 29.7 Å². The minimum absolute atomic E-state index is 0. The van der Waals surface area contributed by atoms with Gasteiger partial charge in [0.05, 0.1) is 44.5 Å². The largest absolute Gasteiger partial charge is 0.494 e. The molecule has 0 bridgehead atoms. The van der Waals surface area contributed by atoms with Gasteiger partial charge in [0.25, 0.3) is 0 Å². The third kappa shape index (κ3) is 7.00. The molecular weight excluding hydrogens is 538 g/mol. The van der Waals surface area contributed by atoms with Gasteiger partial charge in [0.1, 0.15) is 5.75 Å². The number of methoxy groups -OCH3 is 3. The third-order valence-corrected chi connectivity index (χ3v) is 6.88. The van der Waals surface area contributed by atoms with Crippen LogP contribution in [-0.2, 0) is 11.2 Å². The Morgan fingerprint density at radius 2 is 1.59 bits per heavy atom. The van der Waals surface area contributed by atoms with Gasteiger partial charge >= 0.3 is 0 Å². The number of amides is 1. The number of nitrogens with zero attached hydrogens (tertiary/aromatic N) is 1. The third-order valence-electron chi connectivity index (χ3n) is 5.86. The lowest BCUT2D eigenvalue weighted by Crippen LogP contribution is -2.37. The summed E-state index contributed by atoms with van der Waals surface area (Å²) in [5, 5.41) is 3.34. The van der Waals surface area contributed by atoms with Crippen LogP contribution in [0.5, 0.6) is 23.0 Å². The summed E-state index contributed by atoms with van der Waals surface area (Å²) in [6.07, 6.45) is 0.420. The van der Waals surface area contributed by atoms with Crippen molar-refractivity contribution in [2.75, 3.05) is 33.3 Å². The number of carbonyl (C=O) groups excluding carboxylic acids is 1. The van der Waals surface area contributed by atoms with Crippen molar-refractivity contribution in [1.82, 2.24) is 4.98 Å². The molecule has 39 heavy (non-hydrogen) atoms. The van der Waals surface area contributed by atoms with Crippen molar-refractivity contribution >= 4 is 34.8 Å². The van der Waals surface area contributed by atoms with E-state index in [1.165, 1.54) is 11.3 Å². The molecule has 1 aromatic heterocycles. The summed E-state index contributed by atoms with van der Waals surface area (Å²) in [5.41, 5.74) is 9.57. The predicted octanol–water partition coefficient (Wildman–Crippen LogP) is 5.83. The highest BCUT2D eigenvalue weighted by atomic mass is 35.5. The van der Waals surface area contributed by atoms with Gasteiger partial charge < -0.3 is 30.0 Å². The molecule has 3 N–H and O–H groups in total. The minimum Gasteiger partial charge on any atom is -0.494 e. The van der Waals surface area contributed by atoms with Crippen LogP contribution in [-0.4, -0.2) is 44.9 Å². The molecule has 1 heterocycles. The van der Waals surface area contributed by atoms with Crippen LogP contribution >= 0.6 is 23.7 Å². The van der Waals surface area contributed by atoms with Gasteiger partial charge in [-0.1, -0.05) is 41.7 Å². The summed E-state index contributed by atoms with van der Waals surface area (Å²) in [5.74, 6) is 1.98. The summed E-state index contributed by atoms with van der Waals surface area (Å²) in [4.78, 5) is 18.6. The molecular formula is C29H32ClN3O5S. The molecule has 10 heteroatoms. The van der Waals surface area contributed by atoms with Crippen LogP contribution < -0.4 is 30.0 Å². The molecule has 1 amide bonds. The molecule has 1 atom stereocenters. The lowest BCUT2D eigenvalue weighted by Gasteiger charge is -2.14. The number of aromatic nitrogens is 1. The lowest BCUT2D eigenvalue weighted by molar-refractivity contribution is -0.117. The van der Waals surface area contributed by atoms with Gasteiger partial charge in [-0.05, 0) is 55.3 Å². The summed E-state index contributed by atoms with van der Waals surface area (Å²) in [6.45, 7) is 2.51. The second kappa shape index (κ2) is 13.8. The predicted molar refractivity (Wildman–Crippen MR) is 158 cm³/mol. The Morgan fingerprint density at radius 3 is 2.15 bits per heavy atom. The number of thiazole rings is 1. The number of halogens is 1. The zero-order valence-electron chi connectivity index (χ0n) is 22.2. The Balaban J connectivity index is 0.00000420. The van der Waals surface area contributed by atoms with Gasteiger partial charge in [-0.25, -0.2) is 4.98 Å². The van der Waals surface area contributed by atoms with E-state index in [0.717, 1.165) is 27.3 Å². The van der Waals surface area contributed by atoms with Crippen molar-refractivity contribution in [3.63, 3.8) is 0 Å². The summed E-state index contributed by atoms with van der Waals surface area (Å²) < 4.78 is 22.2. The number of ether oxygens (including phenoxy) is 4. The average Bonchev–Trinajstić information content (AvgIpc) is 3.36. The zero-order chi connectivity index (χ0) is 27.1. The molecule has 4 rings (SSSR count). The van der Waals surface area contributed by atoms with Gasteiger partial charge in [-0.15, -0.1) is 12.4 Å². The van der Waals surface area contributed by atoms with Crippen molar-refractivity contribution in [3.05, 3.63) is 72.3 Å². The molecule has 0 unspecified atom stereocenters. The number of benzene rings is 3. The number of hydrogen-bond acceptors (Lipinski definition) is 8. The standard InChI is InChI=1S/C29H31N3O5S.ClH/c1-5-37-21-13-11-19(12-14-21)25-27(20-16-23(34-2)26(36-4)24(17-20)35-3)38-29(31-25)32-28(33)22(30)15-18-9-7-6-8-10-18;/h6-14,16-17,22H,5,15,30H2,1-4H3,(H,31,32,33);1H/t22-;/m0./s1. The van der Waals surface area contributed by atoms with E-state index in [-0.39, 0.29) is 18.3 Å². The first kappa shape index (κ1) is 29.8. The van der Waals surface area contributed by atoms with E-state index in [9.17, 15) is 4.79 Å². The number of anilines is 1. The van der Waals surface area contributed by atoms with Crippen molar-refractivity contribution in [2.24, 2.45) is 5.73 Å². The Labute approximate surface area is 238 Å².